The summed E-state index contributed by atoms with van der Waals surface area (Å²) in [6, 6.07) is 6.65. The highest BCUT2D eigenvalue weighted by Gasteiger charge is 1.99. The molecule has 3 heteroatoms. The molecular formula is C9H9O3. The van der Waals surface area contributed by atoms with Crippen molar-refractivity contribution in [3.63, 3.8) is 0 Å². The predicted molar refractivity (Wildman–Crippen MR) is 42.2 cm³/mol. The molecule has 1 aromatic rings. The van der Waals surface area contributed by atoms with Crippen molar-refractivity contribution in [2.75, 3.05) is 0 Å². The summed E-state index contributed by atoms with van der Waals surface area (Å²) < 4.78 is 0. The Morgan fingerprint density at radius 3 is 2.08 bits per heavy atom. The summed E-state index contributed by atoms with van der Waals surface area (Å²) in [5, 5.41) is 18.8. The summed E-state index contributed by atoms with van der Waals surface area (Å²) in [6.07, 6.45) is 0.0130. The molecule has 3 nitrogen and oxygen atoms in total. The predicted octanol–water partition coefficient (Wildman–Crippen LogP) is 1.24. The van der Waals surface area contributed by atoms with Crippen LogP contribution >= 0.6 is 0 Å². The summed E-state index contributed by atoms with van der Waals surface area (Å²) in [6.45, 7) is -0.257. The zero-order chi connectivity index (χ0) is 8.97. The summed E-state index contributed by atoms with van der Waals surface area (Å²) in [7, 11) is 0. The van der Waals surface area contributed by atoms with Crippen molar-refractivity contribution in [3.8, 4) is 0 Å². The van der Waals surface area contributed by atoms with Crippen LogP contribution in [0.25, 0.3) is 0 Å². The molecule has 0 aliphatic heterocycles. The van der Waals surface area contributed by atoms with E-state index in [-0.39, 0.29) is 13.0 Å². The molecule has 0 saturated carbocycles. The largest absolute Gasteiger partial charge is 0.481 e. The molecule has 0 spiro atoms. The molecule has 12 heavy (non-hydrogen) atoms. The number of carboxylic acid groups (broad SMARTS) is 1. The van der Waals surface area contributed by atoms with Crippen LogP contribution in [0.3, 0.4) is 0 Å². The average molecular weight is 165 g/mol. The van der Waals surface area contributed by atoms with Gasteiger partial charge in [0, 0.05) is 0 Å². The highest BCUT2D eigenvalue weighted by Crippen LogP contribution is 2.04. The maximum atomic E-state index is 10.3. The molecule has 0 fully saturated rings. The van der Waals surface area contributed by atoms with Gasteiger partial charge in [0.25, 0.3) is 0 Å². The van der Waals surface area contributed by atoms with E-state index in [4.69, 9.17) is 5.11 Å². The molecule has 0 saturated heterocycles. The minimum Gasteiger partial charge on any atom is -0.481 e. The maximum Gasteiger partial charge on any atom is 0.307 e. The summed E-state index contributed by atoms with van der Waals surface area (Å²) >= 11 is 0. The second-order valence-electron chi connectivity index (χ2n) is 2.53. The van der Waals surface area contributed by atoms with Crippen LogP contribution in [0.4, 0.5) is 0 Å². The first-order chi connectivity index (χ1) is 5.72. The Hall–Kier alpha value is -1.35. The standard InChI is InChI=1S/C9H9O3/c10-6-8-3-1-7(2-4-8)5-9(11)12/h1-4H,5-6H2,(H,11,12). The van der Waals surface area contributed by atoms with Crippen LogP contribution in [0.1, 0.15) is 11.1 Å². The molecular weight excluding hydrogens is 156 g/mol. The minimum atomic E-state index is -0.857. The van der Waals surface area contributed by atoms with E-state index in [1.54, 1.807) is 24.3 Å². The molecule has 0 unspecified atom stereocenters. The Kier molecular flexibility index (Phi) is 2.82. The maximum absolute atomic E-state index is 10.3. The van der Waals surface area contributed by atoms with Crippen molar-refractivity contribution >= 4 is 5.97 Å². The summed E-state index contributed by atoms with van der Waals surface area (Å²) in [5.41, 5.74) is 1.41. The third kappa shape index (κ3) is 2.36. The van der Waals surface area contributed by atoms with Crippen molar-refractivity contribution < 1.29 is 15.0 Å². The Balaban J connectivity index is 2.71. The fourth-order valence-corrected chi connectivity index (χ4v) is 0.928. The topological polar surface area (TPSA) is 57.2 Å². The number of aliphatic carboxylic acids is 1. The lowest BCUT2D eigenvalue weighted by Gasteiger charge is -1.97. The lowest BCUT2D eigenvalue weighted by atomic mass is 10.1. The molecule has 63 valence electrons. The lowest BCUT2D eigenvalue weighted by Crippen LogP contribution is -1.99. The minimum absolute atomic E-state index is 0.0130. The normalized spacial score (nSPS) is 9.75. The van der Waals surface area contributed by atoms with E-state index in [1.807, 2.05) is 0 Å². The first kappa shape index (κ1) is 8.74. The van der Waals surface area contributed by atoms with Gasteiger partial charge in [-0.1, -0.05) is 24.3 Å². The highest BCUT2D eigenvalue weighted by atomic mass is 16.4. The Morgan fingerprint density at radius 1 is 1.17 bits per heavy atom. The fraction of sp³-hybridized carbons (Fsp3) is 0.222. The van der Waals surface area contributed by atoms with Crippen LogP contribution in [-0.2, 0) is 22.9 Å². The Morgan fingerprint density at radius 2 is 1.67 bits per heavy atom. The van der Waals surface area contributed by atoms with E-state index < -0.39 is 5.97 Å². The van der Waals surface area contributed by atoms with Crippen molar-refractivity contribution in [2.24, 2.45) is 0 Å². The lowest BCUT2D eigenvalue weighted by molar-refractivity contribution is -0.136. The third-order valence-electron chi connectivity index (χ3n) is 1.54. The third-order valence-corrected chi connectivity index (χ3v) is 1.54. The Bertz CT molecular complexity index is 264. The van der Waals surface area contributed by atoms with E-state index in [0.717, 1.165) is 5.56 Å². The molecule has 0 aliphatic rings. The van der Waals surface area contributed by atoms with Gasteiger partial charge in [0.2, 0.25) is 0 Å². The summed E-state index contributed by atoms with van der Waals surface area (Å²) in [5.74, 6) is -0.857. The van der Waals surface area contributed by atoms with Gasteiger partial charge < -0.3 is 5.11 Å². The first-order valence-electron chi connectivity index (χ1n) is 3.60. The number of carboxylic acids is 1. The van der Waals surface area contributed by atoms with Crippen LogP contribution in [0.5, 0.6) is 0 Å². The van der Waals surface area contributed by atoms with Gasteiger partial charge >= 0.3 is 5.97 Å². The second kappa shape index (κ2) is 3.88. The number of carbonyl (C=O) groups is 1. The number of benzene rings is 1. The number of rotatable bonds is 3. The molecule has 0 aliphatic carbocycles. The van der Waals surface area contributed by atoms with Crippen LogP contribution < -0.4 is 0 Å². The SMILES string of the molecule is [O]Cc1ccc(CC(=O)O)cc1. The van der Waals surface area contributed by atoms with Crippen molar-refractivity contribution in [2.45, 2.75) is 13.0 Å². The van der Waals surface area contributed by atoms with Gasteiger partial charge in [-0.05, 0) is 11.1 Å². The smallest absolute Gasteiger partial charge is 0.307 e. The molecule has 0 heterocycles. The molecule has 1 rings (SSSR count). The van der Waals surface area contributed by atoms with Crippen LogP contribution in [0.2, 0.25) is 0 Å². The molecule has 0 aromatic heterocycles. The van der Waals surface area contributed by atoms with Gasteiger partial charge in [-0.3, -0.25) is 4.79 Å². The van der Waals surface area contributed by atoms with Crippen LogP contribution in [-0.4, -0.2) is 11.1 Å². The fourth-order valence-electron chi connectivity index (χ4n) is 0.928. The van der Waals surface area contributed by atoms with Gasteiger partial charge in [-0.2, -0.15) is 0 Å². The van der Waals surface area contributed by atoms with Gasteiger partial charge in [0.15, 0.2) is 0 Å². The first-order valence-corrected chi connectivity index (χ1v) is 3.60. The quantitative estimate of drug-likeness (QED) is 0.732. The van der Waals surface area contributed by atoms with E-state index >= 15 is 0 Å². The van der Waals surface area contributed by atoms with Crippen molar-refractivity contribution in [1.29, 1.82) is 0 Å². The van der Waals surface area contributed by atoms with E-state index in [1.165, 1.54) is 0 Å². The van der Waals surface area contributed by atoms with Gasteiger partial charge in [0.1, 0.15) is 6.61 Å². The molecule has 1 aromatic carbocycles. The molecule has 0 atom stereocenters. The second-order valence-corrected chi connectivity index (χ2v) is 2.53. The van der Waals surface area contributed by atoms with E-state index in [2.05, 4.69) is 0 Å². The summed E-state index contributed by atoms with van der Waals surface area (Å²) in [4.78, 5) is 10.3. The number of hydrogen-bond acceptors (Lipinski definition) is 1. The monoisotopic (exact) mass is 165 g/mol. The number of hydrogen-bond donors (Lipinski definition) is 1. The zero-order valence-corrected chi connectivity index (χ0v) is 6.49. The zero-order valence-electron chi connectivity index (χ0n) is 6.49. The Labute approximate surface area is 70.3 Å². The van der Waals surface area contributed by atoms with Crippen LogP contribution in [0.15, 0.2) is 24.3 Å². The van der Waals surface area contributed by atoms with Crippen LogP contribution in [0, 0.1) is 0 Å². The van der Waals surface area contributed by atoms with Crippen molar-refractivity contribution in [1.82, 2.24) is 0 Å². The van der Waals surface area contributed by atoms with E-state index in [0.29, 0.717) is 5.56 Å². The van der Waals surface area contributed by atoms with Gasteiger partial charge in [-0.25, -0.2) is 5.11 Å². The highest BCUT2D eigenvalue weighted by molar-refractivity contribution is 5.70. The van der Waals surface area contributed by atoms with Crippen molar-refractivity contribution in [3.05, 3.63) is 35.4 Å². The molecule has 0 bridgehead atoms. The average Bonchev–Trinajstić information content (AvgIpc) is 2.05. The molecule has 0 amide bonds. The van der Waals surface area contributed by atoms with Gasteiger partial charge in [0.05, 0.1) is 6.42 Å². The molecule has 1 N–H and O–H groups in total. The molecule has 1 radical (unpaired) electrons. The van der Waals surface area contributed by atoms with E-state index in [9.17, 15) is 9.90 Å². The van der Waals surface area contributed by atoms with Gasteiger partial charge in [-0.15, -0.1) is 0 Å².